The molecule has 1 heterocycles. The first-order valence-electron chi connectivity index (χ1n) is 10.9. The van der Waals surface area contributed by atoms with Gasteiger partial charge in [0, 0.05) is 5.56 Å². The van der Waals surface area contributed by atoms with Gasteiger partial charge < -0.3 is 24.5 Å². The Labute approximate surface area is 193 Å². The molecule has 2 N–H and O–H groups in total. The summed E-state index contributed by atoms with van der Waals surface area (Å²) in [6.07, 6.45) is 2.80. The Morgan fingerprint density at radius 1 is 1.06 bits per heavy atom. The number of fused-ring (bicyclic) bond motifs is 1. The number of thioether (sulfide) groups is 1. The van der Waals surface area contributed by atoms with Crippen molar-refractivity contribution in [2.75, 3.05) is 31.8 Å². The van der Waals surface area contributed by atoms with Crippen molar-refractivity contribution in [1.29, 1.82) is 0 Å². The molecule has 0 bridgehead atoms. The number of nitrogens with one attached hydrogen (secondary N) is 2. The highest BCUT2D eigenvalue weighted by molar-refractivity contribution is 7.98. The van der Waals surface area contributed by atoms with Crippen LogP contribution < -0.4 is 19.5 Å². The predicted octanol–water partition coefficient (Wildman–Crippen LogP) is 4.98. The molecule has 1 aromatic heterocycles. The van der Waals surface area contributed by atoms with Crippen LogP contribution in [0.1, 0.15) is 49.4 Å². The summed E-state index contributed by atoms with van der Waals surface area (Å²) in [7, 11) is 0. The lowest BCUT2D eigenvalue weighted by Gasteiger charge is -2.19. The number of rotatable bonds is 12. The van der Waals surface area contributed by atoms with Crippen LogP contribution in [0.3, 0.4) is 0 Å². The van der Waals surface area contributed by atoms with Crippen molar-refractivity contribution in [3.8, 4) is 17.2 Å². The summed E-state index contributed by atoms with van der Waals surface area (Å²) < 4.78 is 17.3. The summed E-state index contributed by atoms with van der Waals surface area (Å²) in [4.78, 5) is 21.3. The quantitative estimate of drug-likeness (QED) is 0.399. The monoisotopic (exact) mass is 457 g/mol. The fourth-order valence-corrected chi connectivity index (χ4v) is 3.88. The number of H-pyrrole nitrogens is 1. The Balaban J connectivity index is 1.92. The van der Waals surface area contributed by atoms with Crippen LogP contribution in [0.15, 0.2) is 36.4 Å². The van der Waals surface area contributed by atoms with E-state index in [9.17, 15) is 4.79 Å². The molecule has 1 amide bonds. The summed E-state index contributed by atoms with van der Waals surface area (Å²) in [5, 5.41) is 3.14. The summed E-state index contributed by atoms with van der Waals surface area (Å²) in [6, 6.07) is 11.0. The van der Waals surface area contributed by atoms with Gasteiger partial charge in [0.05, 0.1) is 36.9 Å². The molecule has 3 rings (SSSR count). The fourth-order valence-electron chi connectivity index (χ4n) is 3.41. The first-order chi connectivity index (χ1) is 15.6. The number of carbonyl (C=O) groups excluding carboxylic acids is 1. The highest BCUT2D eigenvalue weighted by Crippen LogP contribution is 2.39. The number of hydrogen-bond acceptors (Lipinski definition) is 6. The van der Waals surface area contributed by atoms with Gasteiger partial charge in [0.25, 0.3) is 5.91 Å². The van der Waals surface area contributed by atoms with Crippen LogP contribution in [0, 0.1) is 0 Å². The lowest BCUT2D eigenvalue weighted by Crippen LogP contribution is -2.30. The maximum Gasteiger partial charge on any atom is 0.252 e. The van der Waals surface area contributed by atoms with Gasteiger partial charge in [0.2, 0.25) is 5.75 Å². The SMILES string of the molecule is CCOc1cc(C(=O)N[C@@H](CCSC)c2nc3ccccc3[nH]2)cc(OCC)c1OCC. The van der Waals surface area contributed by atoms with Crippen molar-refractivity contribution >= 4 is 28.7 Å². The van der Waals surface area contributed by atoms with Crippen LogP contribution >= 0.6 is 11.8 Å². The normalized spacial score (nSPS) is 11.9. The molecular formula is C24H31N3O4S. The predicted molar refractivity (Wildman–Crippen MR) is 129 cm³/mol. The molecule has 0 spiro atoms. The second-order valence-electron chi connectivity index (χ2n) is 7.05. The molecule has 3 aromatic rings. The van der Waals surface area contributed by atoms with Gasteiger partial charge in [-0.05, 0) is 63.5 Å². The van der Waals surface area contributed by atoms with Crippen LogP contribution in [-0.2, 0) is 0 Å². The zero-order valence-corrected chi connectivity index (χ0v) is 19.9. The molecule has 2 aromatic carbocycles. The molecule has 1 atom stereocenters. The smallest absolute Gasteiger partial charge is 0.252 e. The van der Waals surface area contributed by atoms with Gasteiger partial charge in [-0.15, -0.1) is 0 Å². The van der Waals surface area contributed by atoms with E-state index in [4.69, 9.17) is 19.2 Å². The number of nitrogens with zero attached hydrogens (tertiary/aromatic N) is 1. The highest BCUT2D eigenvalue weighted by Gasteiger charge is 2.22. The Morgan fingerprint density at radius 2 is 1.72 bits per heavy atom. The van der Waals surface area contributed by atoms with E-state index in [0.717, 1.165) is 29.0 Å². The van der Waals surface area contributed by atoms with Gasteiger partial charge in [0.1, 0.15) is 5.82 Å². The summed E-state index contributed by atoms with van der Waals surface area (Å²) >= 11 is 1.73. The zero-order chi connectivity index (χ0) is 22.9. The van der Waals surface area contributed by atoms with Crippen molar-refractivity contribution < 1.29 is 19.0 Å². The Kier molecular flexibility index (Phi) is 8.67. The molecule has 0 saturated carbocycles. The van der Waals surface area contributed by atoms with Crippen molar-refractivity contribution in [3.05, 3.63) is 47.8 Å². The minimum Gasteiger partial charge on any atom is -0.490 e. The second kappa shape index (κ2) is 11.7. The minimum absolute atomic E-state index is 0.221. The van der Waals surface area contributed by atoms with Gasteiger partial charge in [-0.3, -0.25) is 4.79 Å². The van der Waals surface area contributed by atoms with E-state index in [1.807, 2.05) is 51.3 Å². The fraction of sp³-hybridized carbons (Fsp3) is 0.417. The number of hydrogen-bond donors (Lipinski definition) is 2. The van der Waals surface area contributed by atoms with Crippen LogP contribution in [0.2, 0.25) is 0 Å². The lowest BCUT2D eigenvalue weighted by molar-refractivity contribution is 0.0933. The Hall–Kier alpha value is -2.87. The van der Waals surface area contributed by atoms with Gasteiger partial charge in [-0.1, -0.05) is 12.1 Å². The molecule has 0 unspecified atom stereocenters. The molecule has 0 radical (unpaired) electrons. The van der Waals surface area contributed by atoms with Gasteiger partial charge in [-0.25, -0.2) is 4.98 Å². The van der Waals surface area contributed by atoms with Gasteiger partial charge in [0.15, 0.2) is 11.5 Å². The number of amides is 1. The maximum absolute atomic E-state index is 13.3. The van der Waals surface area contributed by atoms with Gasteiger partial charge in [-0.2, -0.15) is 11.8 Å². The average molecular weight is 458 g/mol. The molecule has 0 aliphatic rings. The van der Waals surface area contributed by atoms with Crippen LogP contribution in [0.5, 0.6) is 17.2 Å². The zero-order valence-electron chi connectivity index (χ0n) is 19.1. The van der Waals surface area contributed by atoms with Crippen molar-refractivity contribution in [2.24, 2.45) is 0 Å². The summed E-state index contributed by atoms with van der Waals surface area (Å²) in [5.74, 6) is 2.92. The molecule has 0 aliphatic carbocycles. The topological polar surface area (TPSA) is 85.5 Å². The second-order valence-corrected chi connectivity index (χ2v) is 8.03. The van der Waals surface area contributed by atoms with Crippen molar-refractivity contribution in [2.45, 2.75) is 33.2 Å². The van der Waals surface area contributed by atoms with Crippen LogP contribution in [0.4, 0.5) is 0 Å². The molecule has 0 fully saturated rings. The van der Waals surface area contributed by atoms with Crippen molar-refractivity contribution in [3.63, 3.8) is 0 Å². The lowest BCUT2D eigenvalue weighted by atomic mass is 10.1. The first-order valence-corrected chi connectivity index (χ1v) is 12.3. The third-order valence-corrected chi connectivity index (χ3v) is 5.47. The molecule has 8 heteroatoms. The van der Waals surface area contributed by atoms with E-state index < -0.39 is 0 Å². The number of benzene rings is 2. The molecule has 172 valence electrons. The third kappa shape index (κ3) is 5.68. The average Bonchev–Trinajstić information content (AvgIpc) is 3.23. The Morgan fingerprint density at radius 3 is 2.31 bits per heavy atom. The third-order valence-electron chi connectivity index (χ3n) is 4.83. The number of aromatic amines is 1. The van der Waals surface area contributed by atoms with Crippen LogP contribution in [-0.4, -0.2) is 47.7 Å². The number of para-hydroxylation sites is 2. The van der Waals surface area contributed by atoms with E-state index in [1.54, 1.807) is 23.9 Å². The largest absolute Gasteiger partial charge is 0.490 e. The van der Waals surface area contributed by atoms with E-state index in [1.165, 1.54) is 0 Å². The minimum atomic E-state index is -0.250. The van der Waals surface area contributed by atoms with E-state index in [2.05, 4.69) is 10.3 Å². The number of imidazole rings is 1. The Bertz CT molecular complexity index is 977. The van der Waals surface area contributed by atoms with E-state index in [-0.39, 0.29) is 11.9 Å². The first kappa shape index (κ1) is 23.8. The van der Waals surface area contributed by atoms with Gasteiger partial charge >= 0.3 is 0 Å². The van der Waals surface area contributed by atoms with E-state index in [0.29, 0.717) is 42.6 Å². The molecule has 0 saturated heterocycles. The summed E-state index contributed by atoms with van der Waals surface area (Å²) in [5.41, 5.74) is 2.28. The molecule has 32 heavy (non-hydrogen) atoms. The molecule has 7 nitrogen and oxygen atoms in total. The maximum atomic E-state index is 13.3. The van der Waals surface area contributed by atoms with Crippen LogP contribution in [0.25, 0.3) is 11.0 Å². The molecule has 0 aliphatic heterocycles. The highest BCUT2D eigenvalue weighted by atomic mass is 32.2. The molecular weight excluding hydrogens is 426 g/mol. The number of carbonyl (C=O) groups is 1. The summed E-state index contributed by atoms with van der Waals surface area (Å²) in [6.45, 7) is 7.05. The number of aromatic nitrogens is 2. The van der Waals surface area contributed by atoms with Crippen molar-refractivity contribution in [1.82, 2.24) is 15.3 Å². The van der Waals surface area contributed by atoms with E-state index >= 15 is 0 Å². The standard InChI is InChI=1S/C24H31N3O4S/c1-5-29-20-14-16(15-21(30-6-2)22(20)31-7-3)24(28)27-19(12-13-32-4)23-25-17-10-8-9-11-18(17)26-23/h8-11,14-15,19H,5-7,12-13H2,1-4H3,(H,25,26)(H,27,28)/t19-/m0/s1. The number of ether oxygens (including phenoxy) is 3.